The maximum Gasteiger partial charge on any atom is 0.274 e. The van der Waals surface area contributed by atoms with Crippen LogP contribution in [0.1, 0.15) is 47.8 Å². The molecule has 2 fully saturated rings. The third-order valence-corrected chi connectivity index (χ3v) is 6.24. The zero-order chi connectivity index (χ0) is 22.9. The van der Waals surface area contributed by atoms with Gasteiger partial charge in [0.25, 0.3) is 5.91 Å². The van der Waals surface area contributed by atoms with Crippen LogP contribution < -0.4 is 10.1 Å². The molecule has 3 aromatic rings. The van der Waals surface area contributed by atoms with E-state index in [-0.39, 0.29) is 23.8 Å². The number of aromatic nitrogens is 4. The van der Waals surface area contributed by atoms with Crippen molar-refractivity contribution >= 4 is 28.6 Å². The summed E-state index contributed by atoms with van der Waals surface area (Å²) in [5.74, 6) is -0.441. The van der Waals surface area contributed by atoms with Gasteiger partial charge in [-0.25, -0.2) is 0 Å². The van der Waals surface area contributed by atoms with Crippen LogP contribution in [-0.4, -0.2) is 61.8 Å². The van der Waals surface area contributed by atoms with Crippen molar-refractivity contribution < 1.29 is 19.1 Å². The van der Waals surface area contributed by atoms with Crippen LogP contribution in [-0.2, 0) is 16.6 Å². The largest absolute Gasteiger partial charge is 0.488 e. The summed E-state index contributed by atoms with van der Waals surface area (Å²) in [6, 6.07) is 9.09. The number of nitrogens with zero attached hydrogens (tertiary/aromatic N) is 5. The molecular formula is C23H24N6O4. The van der Waals surface area contributed by atoms with Crippen molar-refractivity contribution in [2.24, 2.45) is 7.05 Å². The molecule has 2 aliphatic rings. The number of ether oxygens (including phenoxy) is 1. The number of carbonyl (C=O) groups excluding carboxylic acids is 3. The number of imide groups is 1. The van der Waals surface area contributed by atoms with E-state index in [4.69, 9.17) is 4.74 Å². The normalized spacial score (nSPS) is 19.5. The Labute approximate surface area is 189 Å². The van der Waals surface area contributed by atoms with E-state index in [0.717, 1.165) is 10.9 Å². The standard InChI is InChI=1S/C23H24N6O4/c1-28-21-15(20(27-28)16-7-8-19(30)25-22(16)31)4-2-6-18(21)33-14-9-12-29(13-10-14)23(32)17-5-3-11-24-26-17/h2-6,11,14,16H,7-10,12-13H2,1H3,(H,25,30,31). The molecule has 0 radical (unpaired) electrons. The average molecular weight is 448 g/mol. The molecule has 2 saturated heterocycles. The minimum absolute atomic E-state index is 0.0459. The lowest BCUT2D eigenvalue weighted by Gasteiger charge is -2.32. The lowest BCUT2D eigenvalue weighted by atomic mass is 9.93. The Kier molecular flexibility index (Phi) is 5.49. The van der Waals surface area contributed by atoms with E-state index in [9.17, 15) is 14.4 Å². The minimum Gasteiger partial charge on any atom is -0.488 e. The Balaban J connectivity index is 1.31. The van der Waals surface area contributed by atoms with Gasteiger partial charge in [-0.15, -0.1) is 5.10 Å². The van der Waals surface area contributed by atoms with E-state index >= 15 is 0 Å². The first-order valence-corrected chi connectivity index (χ1v) is 11.0. The van der Waals surface area contributed by atoms with Crippen molar-refractivity contribution in [3.8, 4) is 5.75 Å². The molecule has 2 aromatic heterocycles. The number of hydrogen-bond donors (Lipinski definition) is 1. The number of nitrogens with one attached hydrogen (secondary N) is 1. The van der Waals surface area contributed by atoms with E-state index in [1.54, 1.807) is 27.9 Å². The number of fused-ring (bicyclic) bond motifs is 1. The van der Waals surface area contributed by atoms with Crippen molar-refractivity contribution in [1.82, 2.24) is 30.2 Å². The van der Waals surface area contributed by atoms with E-state index in [1.807, 2.05) is 25.2 Å². The van der Waals surface area contributed by atoms with Crippen LogP contribution in [0.2, 0.25) is 0 Å². The number of benzene rings is 1. The number of amides is 3. The van der Waals surface area contributed by atoms with E-state index < -0.39 is 5.92 Å². The monoisotopic (exact) mass is 448 g/mol. The number of aryl methyl sites for hydroxylation is 1. The third-order valence-electron chi connectivity index (χ3n) is 6.24. The van der Waals surface area contributed by atoms with Gasteiger partial charge in [0.2, 0.25) is 11.8 Å². The van der Waals surface area contributed by atoms with Gasteiger partial charge in [0.1, 0.15) is 17.4 Å². The zero-order valence-corrected chi connectivity index (χ0v) is 18.2. The van der Waals surface area contributed by atoms with Crippen LogP contribution in [0.15, 0.2) is 36.5 Å². The first-order valence-electron chi connectivity index (χ1n) is 11.0. The van der Waals surface area contributed by atoms with Crippen molar-refractivity contribution in [3.05, 3.63) is 47.9 Å². The van der Waals surface area contributed by atoms with Gasteiger partial charge in [0.05, 0.1) is 11.6 Å². The van der Waals surface area contributed by atoms with E-state index in [0.29, 0.717) is 55.9 Å². The fourth-order valence-electron chi connectivity index (χ4n) is 4.57. The summed E-state index contributed by atoms with van der Waals surface area (Å²) in [5, 5.41) is 15.6. The Hall–Kier alpha value is -3.82. The first-order chi connectivity index (χ1) is 16.0. The molecule has 4 heterocycles. The first kappa shape index (κ1) is 21.0. The molecule has 3 amide bonds. The lowest BCUT2D eigenvalue weighted by Crippen LogP contribution is -2.42. The van der Waals surface area contributed by atoms with Crippen LogP contribution >= 0.6 is 0 Å². The summed E-state index contributed by atoms with van der Waals surface area (Å²) in [6.07, 6.45) is 3.63. The van der Waals surface area contributed by atoms with Crippen LogP contribution in [0, 0.1) is 0 Å². The van der Waals surface area contributed by atoms with Crippen molar-refractivity contribution in [1.29, 1.82) is 0 Å². The van der Waals surface area contributed by atoms with Gasteiger partial charge in [0.15, 0.2) is 5.69 Å². The molecule has 0 saturated carbocycles. The average Bonchev–Trinajstić information content (AvgIpc) is 3.17. The quantitative estimate of drug-likeness (QED) is 0.602. The highest BCUT2D eigenvalue weighted by molar-refractivity contribution is 6.03. The lowest BCUT2D eigenvalue weighted by molar-refractivity contribution is -0.134. The summed E-state index contributed by atoms with van der Waals surface area (Å²) >= 11 is 0. The molecule has 170 valence electrons. The van der Waals surface area contributed by atoms with Gasteiger partial charge in [0, 0.05) is 51.0 Å². The Morgan fingerprint density at radius 2 is 1.94 bits per heavy atom. The van der Waals surface area contributed by atoms with Crippen LogP contribution in [0.25, 0.3) is 10.9 Å². The molecule has 2 aliphatic heterocycles. The summed E-state index contributed by atoms with van der Waals surface area (Å²) < 4.78 is 8.08. The zero-order valence-electron chi connectivity index (χ0n) is 18.2. The second-order valence-electron chi connectivity index (χ2n) is 8.38. The highest BCUT2D eigenvalue weighted by atomic mass is 16.5. The number of para-hydroxylation sites is 1. The number of rotatable bonds is 4. The summed E-state index contributed by atoms with van der Waals surface area (Å²) in [5.41, 5.74) is 1.82. The fraction of sp³-hybridized carbons (Fsp3) is 0.391. The Bertz CT molecular complexity index is 1220. The molecule has 0 aliphatic carbocycles. The van der Waals surface area contributed by atoms with Crippen molar-refractivity contribution in [2.45, 2.75) is 37.7 Å². The van der Waals surface area contributed by atoms with E-state index in [2.05, 4.69) is 20.6 Å². The van der Waals surface area contributed by atoms with Gasteiger partial charge in [-0.05, 0) is 24.6 Å². The van der Waals surface area contributed by atoms with Gasteiger partial charge in [-0.1, -0.05) is 12.1 Å². The van der Waals surface area contributed by atoms with Crippen molar-refractivity contribution in [3.63, 3.8) is 0 Å². The number of piperidine rings is 2. The van der Waals surface area contributed by atoms with Gasteiger partial charge >= 0.3 is 0 Å². The number of carbonyl (C=O) groups is 3. The topological polar surface area (TPSA) is 119 Å². The van der Waals surface area contributed by atoms with Gasteiger partial charge in [-0.2, -0.15) is 10.2 Å². The van der Waals surface area contributed by atoms with Gasteiger partial charge < -0.3 is 9.64 Å². The second-order valence-corrected chi connectivity index (χ2v) is 8.38. The SMILES string of the molecule is Cn1nc(C2CCC(=O)NC2=O)c2cccc(OC3CCN(C(=O)c4cccnn4)CC3)c21. The predicted molar refractivity (Wildman–Crippen MR) is 117 cm³/mol. The maximum atomic E-state index is 12.6. The Morgan fingerprint density at radius 3 is 2.67 bits per heavy atom. The third kappa shape index (κ3) is 4.04. The van der Waals surface area contributed by atoms with Crippen LogP contribution in [0.4, 0.5) is 0 Å². The molecule has 0 spiro atoms. The second kappa shape index (κ2) is 8.61. The minimum atomic E-state index is -0.461. The van der Waals surface area contributed by atoms with Crippen LogP contribution in [0.5, 0.6) is 5.75 Å². The molecule has 1 N–H and O–H groups in total. The number of hydrogen-bond acceptors (Lipinski definition) is 7. The summed E-state index contributed by atoms with van der Waals surface area (Å²) in [4.78, 5) is 38.3. The molecule has 5 rings (SSSR count). The maximum absolute atomic E-state index is 12.6. The molecule has 1 aromatic carbocycles. The molecule has 1 atom stereocenters. The highest BCUT2D eigenvalue weighted by Crippen LogP contribution is 2.35. The summed E-state index contributed by atoms with van der Waals surface area (Å²) in [6.45, 7) is 1.14. The molecule has 10 nitrogen and oxygen atoms in total. The molecule has 10 heteroatoms. The molecular weight excluding hydrogens is 424 g/mol. The smallest absolute Gasteiger partial charge is 0.274 e. The highest BCUT2D eigenvalue weighted by Gasteiger charge is 2.32. The van der Waals surface area contributed by atoms with Gasteiger partial charge in [-0.3, -0.25) is 24.4 Å². The number of likely N-dealkylation sites (tertiary alicyclic amines) is 1. The fourth-order valence-corrected chi connectivity index (χ4v) is 4.57. The Morgan fingerprint density at radius 1 is 1.12 bits per heavy atom. The van der Waals surface area contributed by atoms with E-state index in [1.165, 1.54) is 0 Å². The van der Waals surface area contributed by atoms with Crippen LogP contribution in [0.3, 0.4) is 0 Å². The molecule has 0 bridgehead atoms. The van der Waals surface area contributed by atoms with Crippen molar-refractivity contribution in [2.75, 3.05) is 13.1 Å². The summed E-state index contributed by atoms with van der Waals surface area (Å²) in [7, 11) is 1.83. The molecule has 33 heavy (non-hydrogen) atoms. The predicted octanol–water partition coefficient (Wildman–Crippen LogP) is 1.57. The molecule has 1 unspecified atom stereocenters.